The van der Waals surface area contributed by atoms with E-state index in [0.717, 1.165) is 27.5 Å². The highest BCUT2D eigenvalue weighted by atomic mass is 16.4. The molecule has 0 bridgehead atoms. The average molecular weight is 431 g/mol. The van der Waals surface area contributed by atoms with Gasteiger partial charge < -0.3 is 9.32 Å². The van der Waals surface area contributed by atoms with Crippen molar-refractivity contribution in [3.05, 3.63) is 101 Å². The van der Waals surface area contributed by atoms with E-state index in [0.29, 0.717) is 28.2 Å². The van der Waals surface area contributed by atoms with E-state index in [1.54, 1.807) is 0 Å². The smallest absolute Gasteiger partial charge is 0.210 e. The van der Waals surface area contributed by atoms with Gasteiger partial charge in [-0.3, -0.25) is 9.36 Å². The Morgan fingerprint density at radius 3 is 2.36 bits per heavy atom. The summed E-state index contributed by atoms with van der Waals surface area (Å²) in [6, 6.07) is 29.6. The third-order valence-corrected chi connectivity index (χ3v) is 5.97. The molecule has 2 aromatic heterocycles. The van der Waals surface area contributed by atoms with E-state index in [4.69, 9.17) is 9.40 Å². The van der Waals surface area contributed by atoms with Crippen molar-refractivity contribution >= 4 is 38.7 Å². The minimum Gasteiger partial charge on any atom is -0.439 e. The van der Waals surface area contributed by atoms with Crippen LogP contribution in [0.3, 0.4) is 0 Å². The molecule has 0 aliphatic rings. The summed E-state index contributed by atoms with van der Waals surface area (Å²) in [5.41, 5.74) is 3.60. The fourth-order valence-corrected chi connectivity index (χ4v) is 4.49. The van der Waals surface area contributed by atoms with Gasteiger partial charge in [0.25, 0.3) is 0 Å². The van der Waals surface area contributed by atoms with E-state index < -0.39 is 0 Å². The lowest BCUT2D eigenvalue weighted by molar-refractivity contribution is 0.599. The quantitative estimate of drug-likeness (QED) is 0.322. The highest BCUT2D eigenvalue weighted by molar-refractivity contribution is 6.07. The Labute approximate surface area is 190 Å². The standard InChI is InChI=1S/C28H21N3O2/c1-30(2)28-25(26(32)24-20-13-7-6-10-18(20)16-17-23(24)33-28)27-29-21-14-8-9-15-22(21)31(27)19-11-4-3-5-12-19/h3-17H,1-2H3. The molecule has 0 N–H and O–H groups in total. The summed E-state index contributed by atoms with van der Waals surface area (Å²) >= 11 is 0. The molecule has 2 heterocycles. The van der Waals surface area contributed by atoms with Gasteiger partial charge in [0.05, 0.1) is 16.4 Å². The van der Waals surface area contributed by atoms with Crippen molar-refractivity contribution in [2.45, 2.75) is 0 Å². The lowest BCUT2D eigenvalue weighted by atomic mass is 10.0. The molecular weight excluding hydrogens is 410 g/mol. The number of hydrogen-bond donors (Lipinski definition) is 0. The Hall–Kier alpha value is -4.38. The minimum absolute atomic E-state index is 0.0933. The van der Waals surface area contributed by atoms with Crippen molar-refractivity contribution in [3.63, 3.8) is 0 Å². The predicted octanol–water partition coefficient (Wildman–Crippen LogP) is 6.02. The molecule has 33 heavy (non-hydrogen) atoms. The van der Waals surface area contributed by atoms with Crippen molar-refractivity contribution in [2.75, 3.05) is 19.0 Å². The second-order valence-electron chi connectivity index (χ2n) is 8.26. The van der Waals surface area contributed by atoms with Crippen LogP contribution in [-0.4, -0.2) is 23.6 Å². The van der Waals surface area contributed by atoms with Crippen molar-refractivity contribution in [2.24, 2.45) is 0 Å². The molecule has 0 radical (unpaired) electrons. The van der Waals surface area contributed by atoms with Gasteiger partial charge in [0.2, 0.25) is 11.3 Å². The molecule has 0 aliphatic heterocycles. The Morgan fingerprint density at radius 1 is 0.818 bits per heavy atom. The largest absolute Gasteiger partial charge is 0.439 e. The number of nitrogens with zero attached hydrogens (tertiary/aromatic N) is 3. The second-order valence-corrected chi connectivity index (χ2v) is 8.26. The highest BCUT2D eigenvalue weighted by Crippen LogP contribution is 2.35. The van der Waals surface area contributed by atoms with Gasteiger partial charge in [-0.05, 0) is 41.1 Å². The SMILES string of the molecule is CN(C)c1oc2ccc3ccccc3c2c(=O)c1-c1nc2ccccc2n1-c1ccccc1. The lowest BCUT2D eigenvalue weighted by Gasteiger charge is -2.17. The van der Waals surface area contributed by atoms with E-state index >= 15 is 0 Å². The summed E-state index contributed by atoms with van der Waals surface area (Å²) in [6.07, 6.45) is 0. The molecule has 6 aromatic rings. The summed E-state index contributed by atoms with van der Waals surface area (Å²) in [6.45, 7) is 0. The predicted molar refractivity (Wildman–Crippen MR) is 134 cm³/mol. The molecule has 0 atom stereocenters. The first-order valence-corrected chi connectivity index (χ1v) is 10.8. The summed E-state index contributed by atoms with van der Waals surface area (Å²) in [4.78, 5) is 20.9. The van der Waals surface area contributed by atoms with Crippen molar-refractivity contribution in [3.8, 4) is 17.1 Å². The second kappa shape index (κ2) is 7.35. The zero-order valence-electron chi connectivity index (χ0n) is 18.3. The van der Waals surface area contributed by atoms with Crippen LogP contribution in [0.25, 0.3) is 49.9 Å². The van der Waals surface area contributed by atoms with Crippen LogP contribution in [0.4, 0.5) is 5.88 Å². The topological polar surface area (TPSA) is 51.3 Å². The summed E-state index contributed by atoms with van der Waals surface area (Å²) < 4.78 is 8.39. The van der Waals surface area contributed by atoms with Gasteiger partial charge in [0, 0.05) is 19.8 Å². The van der Waals surface area contributed by atoms with Gasteiger partial charge in [0.1, 0.15) is 11.1 Å². The maximum atomic E-state index is 14.2. The Morgan fingerprint density at radius 2 is 1.55 bits per heavy atom. The van der Waals surface area contributed by atoms with E-state index in [1.165, 1.54) is 0 Å². The van der Waals surface area contributed by atoms with Gasteiger partial charge in [-0.1, -0.05) is 60.7 Å². The van der Waals surface area contributed by atoms with E-state index in [-0.39, 0.29) is 5.43 Å². The van der Waals surface area contributed by atoms with Crippen molar-refractivity contribution < 1.29 is 4.42 Å². The molecule has 0 aliphatic carbocycles. The van der Waals surface area contributed by atoms with Gasteiger partial charge in [0.15, 0.2) is 5.82 Å². The summed E-state index contributed by atoms with van der Waals surface area (Å²) in [7, 11) is 3.76. The van der Waals surface area contributed by atoms with Crippen LogP contribution in [-0.2, 0) is 0 Å². The number of para-hydroxylation sites is 3. The van der Waals surface area contributed by atoms with Crippen LogP contribution in [0.2, 0.25) is 0 Å². The number of rotatable bonds is 3. The molecule has 0 saturated carbocycles. The van der Waals surface area contributed by atoms with Gasteiger partial charge >= 0.3 is 0 Å². The zero-order valence-corrected chi connectivity index (χ0v) is 18.3. The first-order valence-electron chi connectivity index (χ1n) is 10.8. The maximum Gasteiger partial charge on any atom is 0.210 e. The number of imidazole rings is 1. The fraction of sp³-hybridized carbons (Fsp3) is 0.0714. The molecule has 4 aromatic carbocycles. The van der Waals surface area contributed by atoms with Crippen LogP contribution >= 0.6 is 0 Å². The maximum absolute atomic E-state index is 14.2. The van der Waals surface area contributed by atoms with Gasteiger partial charge in [-0.2, -0.15) is 0 Å². The molecule has 6 rings (SSSR count). The molecule has 0 fully saturated rings. The Kier molecular flexibility index (Phi) is 4.30. The number of aromatic nitrogens is 2. The number of fused-ring (bicyclic) bond motifs is 4. The summed E-state index contributed by atoms with van der Waals surface area (Å²) in [5, 5.41) is 2.44. The highest BCUT2D eigenvalue weighted by Gasteiger charge is 2.25. The molecule has 5 nitrogen and oxygen atoms in total. The minimum atomic E-state index is -0.0933. The first-order chi connectivity index (χ1) is 16.1. The molecule has 0 saturated heterocycles. The number of benzene rings is 4. The Bertz CT molecular complexity index is 1710. The van der Waals surface area contributed by atoms with Crippen LogP contribution in [0, 0.1) is 0 Å². The number of hydrogen-bond acceptors (Lipinski definition) is 4. The normalized spacial score (nSPS) is 11.5. The molecule has 0 spiro atoms. The van der Waals surface area contributed by atoms with E-state index in [9.17, 15) is 4.79 Å². The third kappa shape index (κ3) is 2.93. The van der Waals surface area contributed by atoms with E-state index in [1.807, 2.05) is 115 Å². The molecule has 0 unspecified atom stereocenters. The van der Waals surface area contributed by atoms with Crippen molar-refractivity contribution in [1.82, 2.24) is 9.55 Å². The van der Waals surface area contributed by atoms with Gasteiger partial charge in [-0.15, -0.1) is 0 Å². The van der Waals surface area contributed by atoms with Gasteiger partial charge in [-0.25, -0.2) is 4.98 Å². The molecule has 0 amide bonds. The third-order valence-electron chi connectivity index (χ3n) is 5.97. The number of anilines is 1. The molecule has 5 heteroatoms. The van der Waals surface area contributed by atoms with Crippen molar-refractivity contribution in [1.29, 1.82) is 0 Å². The van der Waals surface area contributed by atoms with Crippen LogP contribution < -0.4 is 10.3 Å². The summed E-state index contributed by atoms with van der Waals surface area (Å²) in [5.74, 6) is 1.05. The Balaban J connectivity index is 1.81. The zero-order chi connectivity index (χ0) is 22.5. The van der Waals surface area contributed by atoms with Crippen LogP contribution in [0.1, 0.15) is 0 Å². The first kappa shape index (κ1) is 19.3. The monoisotopic (exact) mass is 431 g/mol. The van der Waals surface area contributed by atoms with Crippen LogP contribution in [0.15, 0.2) is 100 Å². The average Bonchev–Trinajstić information content (AvgIpc) is 3.23. The van der Waals surface area contributed by atoms with Crippen LogP contribution in [0.5, 0.6) is 0 Å². The van der Waals surface area contributed by atoms with E-state index in [2.05, 4.69) is 0 Å². The molecular formula is C28H21N3O2. The molecule has 160 valence electrons. The fourth-order valence-electron chi connectivity index (χ4n) is 4.49. The lowest BCUT2D eigenvalue weighted by Crippen LogP contribution is -2.18.